The van der Waals surface area contributed by atoms with Crippen molar-refractivity contribution in [3.63, 3.8) is 0 Å². The SMILES string of the molecule is CCOC(=O)N1CCN(c2nc(C(C)C)nc3sc4c(c23)CCCCC4)CC1. The highest BCUT2D eigenvalue weighted by molar-refractivity contribution is 7.19. The van der Waals surface area contributed by atoms with Crippen LogP contribution in [0.4, 0.5) is 10.6 Å². The van der Waals surface area contributed by atoms with Crippen LogP contribution in [-0.4, -0.2) is 53.7 Å². The number of ether oxygens (including phenoxy) is 1. The molecule has 0 saturated carbocycles. The third kappa shape index (κ3) is 3.69. The Morgan fingerprint density at radius 1 is 1.11 bits per heavy atom. The molecule has 0 aromatic carbocycles. The van der Waals surface area contributed by atoms with Crippen LogP contribution < -0.4 is 4.90 Å². The summed E-state index contributed by atoms with van der Waals surface area (Å²) in [6, 6.07) is 0. The number of rotatable bonds is 3. The van der Waals surface area contributed by atoms with Gasteiger partial charge in [0.05, 0.1) is 12.0 Å². The molecule has 1 aliphatic heterocycles. The Hall–Kier alpha value is -1.89. The van der Waals surface area contributed by atoms with Gasteiger partial charge in [0.2, 0.25) is 0 Å². The molecule has 1 amide bonds. The number of thiophene rings is 1. The minimum atomic E-state index is -0.206. The van der Waals surface area contributed by atoms with Crippen molar-refractivity contribution in [1.29, 1.82) is 0 Å². The van der Waals surface area contributed by atoms with Crippen LogP contribution in [0.25, 0.3) is 10.2 Å². The predicted octanol–water partition coefficient (Wildman–Crippen LogP) is 4.36. The van der Waals surface area contributed by atoms with Gasteiger partial charge in [-0.1, -0.05) is 20.3 Å². The van der Waals surface area contributed by atoms with Gasteiger partial charge in [-0.15, -0.1) is 11.3 Å². The van der Waals surface area contributed by atoms with Crippen molar-refractivity contribution in [3.05, 3.63) is 16.3 Å². The van der Waals surface area contributed by atoms with Gasteiger partial charge in [0, 0.05) is 37.0 Å². The van der Waals surface area contributed by atoms with E-state index in [1.54, 1.807) is 4.90 Å². The Morgan fingerprint density at radius 3 is 2.57 bits per heavy atom. The van der Waals surface area contributed by atoms with Crippen molar-refractivity contribution in [1.82, 2.24) is 14.9 Å². The molecule has 4 rings (SSSR count). The maximum absolute atomic E-state index is 12.0. The number of amides is 1. The van der Waals surface area contributed by atoms with Gasteiger partial charge in [-0.2, -0.15) is 0 Å². The molecule has 7 heteroatoms. The van der Waals surface area contributed by atoms with Gasteiger partial charge in [-0.3, -0.25) is 0 Å². The van der Waals surface area contributed by atoms with Crippen LogP contribution in [0.1, 0.15) is 62.2 Å². The van der Waals surface area contributed by atoms with Gasteiger partial charge in [0.15, 0.2) is 0 Å². The molecule has 2 aromatic rings. The molecular formula is C21H30N4O2S. The summed E-state index contributed by atoms with van der Waals surface area (Å²) < 4.78 is 5.16. The lowest BCUT2D eigenvalue weighted by atomic mass is 10.1. The fourth-order valence-electron chi connectivity index (χ4n) is 4.13. The molecule has 2 aliphatic rings. The zero-order valence-electron chi connectivity index (χ0n) is 17.2. The van der Waals surface area contributed by atoms with Gasteiger partial charge < -0.3 is 14.5 Å². The van der Waals surface area contributed by atoms with Crippen LogP contribution >= 0.6 is 11.3 Å². The molecule has 0 radical (unpaired) electrons. The molecule has 0 N–H and O–H groups in total. The highest BCUT2D eigenvalue weighted by Crippen LogP contribution is 2.40. The largest absolute Gasteiger partial charge is 0.450 e. The zero-order chi connectivity index (χ0) is 19.7. The van der Waals surface area contributed by atoms with Gasteiger partial charge >= 0.3 is 6.09 Å². The van der Waals surface area contributed by atoms with Crippen molar-refractivity contribution in [2.24, 2.45) is 0 Å². The molecule has 0 unspecified atom stereocenters. The van der Waals surface area contributed by atoms with E-state index in [-0.39, 0.29) is 6.09 Å². The second-order valence-corrected chi connectivity index (χ2v) is 9.06. The van der Waals surface area contributed by atoms with Crippen LogP contribution in [0.2, 0.25) is 0 Å². The molecule has 1 aliphatic carbocycles. The summed E-state index contributed by atoms with van der Waals surface area (Å²) in [7, 11) is 0. The average Bonchev–Trinajstić information content (AvgIpc) is 2.88. The fourth-order valence-corrected chi connectivity index (χ4v) is 5.40. The topological polar surface area (TPSA) is 58.6 Å². The quantitative estimate of drug-likeness (QED) is 0.714. The number of piperazine rings is 1. The Kier molecular flexibility index (Phi) is 5.71. The lowest BCUT2D eigenvalue weighted by Crippen LogP contribution is -2.49. The van der Waals surface area contributed by atoms with E-state index in [0.29, 0.717) is 25.6 Å². The molecule has 28 heavy (non-hydrogen) atoms. The van der Waals surface area contributed by atoms with Crippen molar-refractivity contribution in [2.45, 2.75) is 58.8 Å². The van der Waals surface area contributed by atoms with Crippen LogP contribution in [0.15, 0.2) is 0 Å². The summed E-state index contributed by atoms with van der Waals surface area (Å²) in [6.07, 6.45) is 5.93. The third-order valence-corrected chi connectivity index (χ3v) is 6.87. The Morgan fingerprint density at radius 2 is 1.86 bits per heavy atom. The third-order valence-electron chi connectivity index (χ3n) is 5.68. The van der Waals surface area contributed by atoms with Crippen LogP contribution in [0, 0.1) is 0 Å². The normalized spacial score (nSPS) is 17.7. The Bertz CT molecular complexity index is 856. The number of aryl methyl sites for hydroxylation is 2. The molecule has 152 valence electrons. The van der Waals surface area contributed by atoms with E-state index in [0.717, 1.165) is 36.0 Å². The van der Waals surface area contributed by atoms with Crippen LogP contribution in [0.5, 0.6) is 0 Å². The van der Waals surface area contributed by atoms with E-state index in [9.17, 15) is 4.79 Å². The smallest absolute Gasteiger partial charge is 0.409 e. The van der Waals surface area contributed by atoms with Crippen LogP contribution in [0.3, 0.4) is 0 Å². The maximum Gasteiger partial charge on any atom is 0.409 e. The number of hydrogen-bond acceptors (Lipinski definition) is 6. The molecule has 1 saturated heterocycles. The molecule has 1 fully saturated rings. The van der Waals surface area contributed by atoms with E-state index in [1.165, 1.54) is 41.5 Å². The number of carbonyl (C=O) groups excluding carboxylic acids is 1. The number of anilines is 1. The monoisotopic (exact) mass is 402 g/mol. The van der Waals surface area contributed by atoms with Crippen LogP contribution in [-0.2, 0) is 17.6 Å². The average molecular weight is 403 g/mol. The van der Waals surface area contributed by atoms with E-state index in [4.69, 9.17) is 14.7 Å². The molecule has 3 heterocycles. The highest BCUT2D eigenvalue weighted by Gasteiger charge is 2.27. The van der Waals surface area contributed by atoms with Gasteiger partial charge in [-0.25, -0.2) is 14.8 Å². The van der Waals surface area contributed by atoms with Crippen molar-refractivity contribution in [2.75, 3.05) is 37.7 Å². The number of fused-ring (bicyclic) bond motifs is 3. The maximum atomic E-state index is 12.0. The second kappa shape index (κ2) is 8.23. The number of aromatic nitrogens is 2. The summed E-state index contributed by atoms with van der Waals surface area (Å²) >= 11 is 1.87. The lowest BCUT2D eigenvalue weighted by molar-refractivity contribution is 0.105. The lowest BCUT2D eigenvalue weighted by Gasteiger charge is -2.35. The minimum Gasteiger partial charge on any atom is -0.450 e. The first-order valence-electron chi connectivity index (χ1n) is 10.6. The van der Waals surface area contributed by atoms with Gasteiger partial charge in [0.25, 0.3) is 0 Å². The number of hydrogen-bond donors (Lipinski definition) is 0. The first-order chi connectivity index (χ1) is 13.6. The summed E-state index contributed by atoms with van der Waals surface area (Å²) in [5.41, 5.74) is 1.48. The van der Waals surface area contributed by atoms with Crippen molar-refractivity contribution in [3.8, 4) is 0 Å². The first kappa shape index (κ1) is 19.4. The minimum absolute atomic E-state index is 0.206. The highest BCUT2D eigenvalue weighted by atomic mass is 32.1. The fraction of sp³-hybridized carbons (Fsp3) is 0.667. The van der Waals surface area contributed by atoms with E-state index in [2.05, 4.69) is 18.7 Å². The summed E-state index contributed by atoms with van der Waals surface area (Å²) in [6.45, 7) is 9.50. The van der Waals surface area contributed by atoms with Crippen molar-refractivity contribution >= 4 is 33.5 Å². The molecule has 2 aromatic heterocycles. The van der Waals surface area contributed by atoms with Gasteiger partial charge in [-0.05, 0) is 38.2 Å². The zero-order valence-corrected chi connectivity index (χ0v) is 18.0. The summed E-state index contributed by atoms with van der Waals surface area (Å²) in [5, 5.41) is 1.27. The van der Waals surface area contributed by atoms with Crippen molar-refractivity contribution < 1.29 is 9.53 Å². The molecule has 0 bridgehead atoms. The molecular weight excluding hydrogens is 372 g/mol. The Labute approximate surface area is 170 Å². The van der Waals surface area contributed by atoms with E-state index >= 15 is 0 Å². The number of carbonyl (C=O) groups is 1. The Balaban J connectivity index is 1.69. The standard InChI is InChI=1S/C21H30N4O2S/c1-4-27-21(26)25-12-10-24(11-13-25)19-17-15-8-6-5-7-9-16(15)28-20(17)23-18(22-19)14(2)3/h14H,4-13H2,1-3H3. The predicted molar refractivity (Wildman–Crippen MR) is 114 cm³/mol. The van der Waals surface area contributed by atoms with E-state index < -0.39 is 0 Å². The molecule has 6 nitrogen and oxygen atoms in total. The van der Waals surface area contributed by atoms with Gasteiger partial charge in [0.1, 0.15) is 16.5 Å². The first-order valence-corrected chi connectivity index (χ1v) is 11.4. The summed E-state index contributed by atoms with van der Waals surface area (Å²) in [5.74, 6) is 2.30. The van der Waals surface area contributed by atoms with E-state index in [1.807, 2.05) is 18.3 Å². The molecule has 0 spiro atoms. The number of nitrogens with zero attached hydrogens (tertiary/aromatic N) is 4. The molecule has 0 atom stereocenters. The second-order valence-electron chi connectivity index (χ2n) is 7.98. The summed E-state index contributed by atoms with van der Waals surface area (Å²) in [4.78, 5) is 28.8.